The van der Waals surface area contributed by atoms with Crippen molar-refractivity contribution in [3.05, 3.63) is 35.9 Å². The Balaban J connectivity index is 1.87. The highest BCUT2D eigenvalue weighted by molar-refractivity contribution is 5.82. The largest absolute Gasteiger partial charge is 0.459 e. The van der Waals surface area contributed by atoms with Crippen molar-refractivity contribution >= 4 is 12.1 Å². The second kappa shape index (κ2) is 6.79. The summed E-state index contributed by atoms with van der Waals surface area (Å²) in [6.45, 7) is 5.83. The minimum absolute atomic E-state index is 0.152. The predicted molar refractivity (Wildman–Crippen MR) is 79.1 cm³/mol. The molecular formula is C16H21NO5. The van der Waals surface area contributed by atoms with Gasteiger partial charge in [0.05, 0.1) is 6.61 Å². The van der Waals surface area contributed by atoms with Crippen molar-refractivity contribution in [1.29, 1.82) is 0 Å². The van der Waals surface area contributed by atoms with Gasteiger partial charge in [-0.05, 0) is 26.3 Å². The first kappa shape index (κ1) is 16.3. The number of esters is 1. The topological polar surface area (TPSA) is 77.2 Å². The summed E-state index contributed by atoms with van der Waals surface area (Å²) in [4.78, 5) is 23.9. The molecule has 0 saturated carbocycles. The SMILES string of the molecule is CC(C)(C)OC(=O)N[C@@H](C(=O)OCc1ccccc1)[C@@H]1CO1. The maximum atomic E-state index is 12.1. The molecule has 2 rings (SSSR count). The van der Waals surface area contributed by atoms with Crippen LogP contribution in [0.4, 0.5) is 4.79 Å². The van der Waals surface area contributed by atoms with E-state index < -0.39 is 23.7 Å². The predicted octanol–water partition coefficient (Wildman–Crippen LogP) is 2.02. The van der Waals surface area contributed by atoms with Gasteiger partial charge in [-0.1, -0.05) is 30.3 Å². The number of nitrogens with one attached hydrogen (secondary N) is 1. The van der Waals surface area contributed by atoms with Crippen molar-refractivity contribution in [3.8, 4) is 0 Å². The number of epoxide rings is 1. The number of ether oxygens (including phenoxy) is 3. The maximum Gasteiger partial charge on any atom is 0.408 e. The Morgan fingerprint density at radius 2 is 1.95 bits per heavy atom. The van der Waals surface area contributed by atoms with Crippen LogP contribution >= 0.6 is 0 Å². The van der Waals surface area contributed by atoms with Crippen molar-refractivity contribution < 1.29 is 23.8 Å². The van der Waals surface area contributed by atoms with Gasteiger partial charge in [-0.15, -0.1) is 0 Å². The van der Waals surface area contributed by atoms with E-state index in [1.54, 1.807) is 20.8 Å². The Kier molecular flexibility index (Phi) is 5.03. The number of carbonyl (C=O) groups is 2. The van der Waals surface area contributed by atoms with E-state index in [1.165, 1.54) is 0 Å². The molecule has 120 valence electrons. The number of alkyl carbamates (subject to hydrolysis) is 1. The molecule has 1 aromatic carbocycles. The molecule has 2 atom stereocenters. The summed E-state index contributed by atoms with van der Waals surface area (Å²) in [6, 6.07) is 8.48. The van der Waals surface area contributed by atoms with Gasteiger partial charge in [-0.2, -0.15) is 0 Å². The number of rotatable bonds is 5. The van der Waals surface area contributed by atoms with E-state index in [-0.39, 0.29) is 12.7 Å². The lowest BCUT2D eigenvalue weighted by molar-refractivity contribution is -0.148. The van der Waals surface area contributed by atoms with Crippen LogP contribution in [-0.4, -0.2) is 36.4 Å². The quantitative estimate of drug-likeness (QED) is 0.665. The van der Waals surface area contributed by atoms with Gasteiger partial charge in [0.2, 0.25) is 0 Å². The third-order valence-electron chi connectivity index (χ3n) is 2.88. The Morgan fingerprint density at radius 3 is 2.50 bits per heavy atom. The van der Waals surface area contributed by atoms with Crippen LogP contribution in [0.1, 0.15) is 26.3 Å². The van der Waals surface area contributed by atoms with Crippen LogP contribution in [0.25, 0.3) is 0 Å². The first-order valence-corrected chi connectivity index (χ1v) is 7.17. The van der Waals surface area contributed by atoms with Gasteiger partial charge in [0.15, 0.2) is 6.04 Å². The molecule has 1 aromatic rings. The summed E-state index contributed by atoms with van der Waals surface area (Å²) < 4.78 is 15.5. The van der Waals surface area contributed by atoms with Crippen LogP contribution in [-0.2, 0) is 25.6 Å². The fourth-order valence-electron chi connectivity index (χ4n) is 1.80. The number of benzene rings is 1. The smallest absolute Gasteiger partial charge is 0.408 e. The molecule has 6 nitrogen and oxygen atoms in total. The van der Waals surface area contributed by atoms with Crippen molar-refractivity contribution in [2.24, 2.45) is 0 Å². The van der Waals surface area contributed by atoms with Gasteiger partial charge in [0, 0.05) is 0 Å². The fraction of sp³-hybridized carbons (Fsp3) is 0.500. The zero-order chi connectivity index (χ0) is 16.2. The Bertz CT molecular complexity index is 519. The summed E-state index contributed by atoms with van der Waals surface area (Å²) in [6.07, 6.45) is -1.01. The van der Waals surface area contributed by atoms with E-state index in [0.29, 0.717) is 6.61 Å². The standard InChI is InChI=1S/C16H21NO5/c1-16(2,3)22-15(19)17-13(12-10-20-12)14(18)21-9-11-7-5-4-6-8-11/h4-8,12-13H,9-10H2,1-3H3,(H,17,19)/t12-,13+/m0/s1. The minimum atomic E-state index is -0.849. The minimum Gasteiger partial charge on any atom is -0.459 e. The first-order valence-electron chi connectivity index (χ1n) is 7.17. The average molecular weight is 307 g/mol. The Labute approximate surface area is 129 Å². The van der Waals surface area contributed by atoms with Crippen LogP contribution < -0.4 is 5.32 Å². The summed E-state index contributed by atoms with van der Waals surface area (Å²) in [5, 5.41) is 2.51. The lowest BCUT2D eigenvalue weighted by Crippen LogP contribution is -2.47. The van der Waals surface area contributed by atoms with Crippen LogP contribution in [0.2, 0.25) is 0 Å². The monoisotopic (exact) mass is 307 g/mol. The van der Waals surface area contributed by atoms with Gasteiger partial charge >= 0.3 is 12.1 Å². The van der Waals surface area contributed by atoms with Crippen molar-refractivity contribution in [2.75, 3.05) is 6.61 Å². The molecule has 1 saturated heterocycles. The van der Waals surface area contributed by atoms with Crippen LogP contribution in [0.15, 0.2) is 30.3 Å². The number of hydrogen-bond donors (Lipinski definition) is 1. The van der Waals surface area contributed by atoms with Crippen LogP contribution in [0, 0.1) is 0 Å². The van der Waals surface area contributed by atoms with Gasteiger partial charge < -0.3 is 19.5 Å². The normalized spacial score (nSPS) is 18.2. The zero-order valence-corrected chi connectivity index (χ0v) is 13.0. The molecule has 0 unspecified atom stereocenters. The highest BCUT2D eigenvalue weighted by Crippen LogP contribution is 2.17. The van der Waals surface area contributed by atoms with Crippen molar-refractivity contribution in [3.63, 3.8) is 0 Å². The molecule has 1 aliphatic heterocycles. The zero-order valence-electron chi connectivity index (χ0n) is 13.0. The van der Waals surface area contributed by atoms with E-state index in [1.807, 2.05) is 30.3 Å². The molecule has 1 amide bonds. The van der Waals surface area contributed by atoms with E-state index in [4.69, 9.17) is 14.2 Å². The van der Waals surface area contributed by atoms with E-state index in [0.717, 1.165) is 5.56 Å². The molecule has 0 spiro atoms. The fourth-order valence-corrected chi connectivity index (χ4v) is 1.80. The lowest BCUT2D eigenvalue weighted by atomic mass is 10.2. The van der Waals surface area contributed by atoms with E-state index in [9.17, 15) is 9.59 Å². The molecule has 0 bridgehead atoms. The second-order valence-electron chi connectivity index (χ2n) is 6.09. The highest BCUT2D eigenvalue weighted by atomic mass is 16.6. The van der Waals surface area contributed by atoms with Gasteiger partial charge in [0.25, 0.3) is 0 Å². The van der Waals surface area contributed by atoms with Crippen molar-refractivity contribution in [1.82, 2.24) is 5.32 Å². The molecule has 1 aliphatic rings. The van der Waals surface area contributed by atoms with E-state index in [2.05, 4.69) is 5.32 Å². The van der Waals surface area contributed by atoms with Crippen LogP contribution in [0.5, 0.6) is 0 Å². The molecule has 22 heavy (non-hydrogen) atoms. The first-order chi connectivity index (χ1) is 10.3. The molecule has 1 fully saturated rings. The molecule has 0 aliphatic carbocycles. The molecule has 0 aromatic heterocycles. The van der Waals surface area contributed by atoms with Gasteiger partial charge in [-0.3, -0.25) is 0 Å². The third-order valence-corrected chi connectivity index (χ3v) is 2.88. The number of amides is 1. The second-order valence-corrected chi connectivity index (χ2v) is 6.09. The Hall–Kier alpha value is -2.08. The third kappa shape index (κ3) is 5.37. The maximum absolute atomic E-state index is 12.1. The molecule has 6 heteroatoms. The molecular weight excluding hydrogens is 286 g/mol. The number of hydrogen-bond acceptors (Lipinski definition) is 5. The molecule has 1 N–H and O–H groups in total. The Morgan fingerprint density at radius 1 is 1.32 bits per heavy atom. The molecule has 1 heterocycles. The lowest BCUT2D eigenvalue weighted by Gasteiger charge is -2.22. The highest BCUT2D eigenvalue weighted by Gasteiger charge is 2.41. The van der Waals surface area contributed by atoms with Gasteiger partial charge in [0.1, 0.15) is 18.3 Å². The van der Waals surface area contributed by atoms with Crippen molar-refractivity contribution in [2.45, 2.75) is 45.1 Å². The summed E-state index contributed by atoms with van der Waals surface area (Å²) in [5.41, 5.74) is 0.246. The number of carbonyl (C=O) groups excluding carboxylic acids is 2. The van der Waals surface area contributed by atoms with Gasteiger partial charge in [-0.25, -0.2) is 9.59 Å². The summed E-state index contributed by atoms with van der Waals surface area (Å²) in [5.74, 6) is -0.530. The molecule has 0 radical (unpaired) electrons. The average Bonchev–Trinajstić information content (AvgIpc) is 3.26. The summed E-state index contributed by atoms with van der Waals surface area (Å²) >= 11 is 0. The van der Waals surface area contributed by atoms with Crippen LogP contribution in [0.3, 0.4) is 0 Å². The van der Waals surface area contributed by atoms with E-state index >= 15 is 0 Å². The summed E-state index contributed by atoms with van der Waals surface area (Å²) in [7, 11) is 0.